The molecule has 1 atom stereocenters. The van der Waals surface area contributed by atoms with Crippen LogP contribution in [-0.2, 0) is 17.4 Å². The lowest BCUT2D eigenvalue weighted by molar-refractivity contribution is -0.141. The highest BCUT2D eigenvalue weighted by Crippen LogP contribution is 2.36. The van der Waals surface area contributed by atoms with E-state index in [1.54, 1.807) is 0 Å². The van der Waals surface area contributed by atoms with Crippen LogP contribution in [0.3, 0.4) is 0 Å². The summed E-state index contributed by atoms with van der Waals surface area (Å²) >= 11 is 0. The first-order valence-electron chi connectivity index (χ1n) is 10.3. The molecule has 2 aromatic rings. The van der Waals surface area contributed by atoms with E-state index in [1.807, 2.05) is 25.8 Å². The van der Waals surface area contributed by atoms with Gasteiger partial charge in [0.05, 0.1) is 5.69 Å². The summed E-state index contributed by atoms with van der Waals surface area (Å²) in [6.07, 6.45) is -1.96. The number of hydrogen-bond acceptors (Lipinski definition) is 6. The summed E-state index contributed by atoms with van der Waals surface area (Å²) in [6, 6.07) is 3.39. The van der Waals surface area contributed by atoms with Crippen molar-refractivity contribution < 1.29 is 22.7 Å². The first-order valence-corrected chi connectivity index (χ1v) is 10.3. The van der Waals surface area contributed by atoms with Crippen molar-refractivity contribution in [3.8, 4) is 5.88 Å². The number of ether oxygens (including phenoxy) is 1. The van der Waals surface area contributed by atoms with Gasteiger partial charge in [-0.1, -0.05) is 27.8 Å². The van der Waals surface area contributed by atoms with Crippen molar-refractivity contribution in [3.63, 3.8) is 0 Å². The number of nitrogens with zero attached hydrogens (tertiary/aromatic N) is 4. The molecule has 1 N–H and O–H groups in total. The van der Waals surface area contributed by atoms with Gasteiger partial charge in [-0.3, -0.25) is 4.79 Å². The van der Waals surface area contributed by atoms with Crippen LogP contribution in [0.1, 0.15) is 58.3 Å². The monoisotopic (exact) mass is 501 g/mol. The Bertz CT molecular complexity index is 999. The SMILES string of the molecule is C.C.CC[C@H]1C(=O)Nc2c(C)nc(CC3CC(Oc4cccc(C(F)(F)F)n4)C3)nc2N1C.S. The maximum absolute atomic E-state index is 12.8. The molecule has 11 heteroatoms. The minimum atomic E-state index is -4.49. The van der Waals surface area contributed by atoms with Gasteiger partial charge in [-0.05, 0) is 38.2 Å². The molecule has 2 aliphatic rings. The molecule has 0 radical (unpaired) electrons. The van der Waals surface area contributed by atoms with Crippen molar-refractivity contribution in [1.82, 2.24) is 15.0 Å². The largest absolute Gasteiger partial charge is 0.474 e. The Morgan fingerprint density at radius 1 is 1.18 bits per heavy atom. The zero-order valence-corrected chi connectivity index (χ0v) is 19.0. The first kappa shape index (κ1) is 29.5. The van der Waals surface area contributed by atoms with Gasteiger partial charge in [0.1, 0.15) is 29.4 Å². The lowest BCUT2D eigenvalue weighted by Gasteiger charge is -2.36. The van der Waals surface area contributed by atoms with Crippen LogP contribution < -0.4 is 15.0 Å². The Hall–Kier alpha value is -2.56. The number of pyridine rings is 1. The van der Waals surface area contributed by atoms with Crippen LogP contribution in [0.25, 0.3) is 0 Å². The highest BCUT2D eigenvalue weighted by atomic mass is 32.1. The summed E-state index contributed by atoms with van der Waals surface area (Å²) in [7, 11) is 1.86. The predicted octanol–water partition coefficient (Wildman–Crippen LogP) is 5.15. The maximum atomic E-state index is 12.8. The Kier molecular flexibility index (Phi) is 9.75. The van der Waals surface area contributed by atoms with Crippen LogP contribution in [0, 0.1) is 12.8 Å². The van der Waals surface area contributed by atoms with Crippen LogP contribution in [0.15, 0.2) is 18.2 Å². The normalized spacial score (nSPS) is 21.1. The van der Waals surface area contributed by atoms with Crippen molar-refractivity contribution in [2.45, 2.75) is 72.7 Å². The zero-order chi connectivity index (χ0) is 22.3. The molecule has 190 valence electrons. The average Bonchev–Trinajstić information content (AvgIpc) is 2.67. The third kappa shape index (κ3) is 5.92. The van der Waals surface area contributed by atoms with Crippen molar-refractivity contribution in [3.05, 3.63) is 35.4 Å². The average molecular weight is 502 g/mol. The number of rotatable bonds is 5. The molecule has 0 unspecified atom stereocenters. The number of carbonyl (C=O) groups excluding carboxylic acids is 1. The van der Waals surface area contributed by atoms with E-state index in [2.05, 4.69) is 20.3 Å². The lowest BCUT2D eigenvalue weighted by atomic mass is 9.80. The van der Waals surface area contributed by atoms with Crippen LogP contribution in [0.5, 0.6) is 5.88 Å². The quantitative estimate of drug-likeness (QED) is 0.610. The van der Waals surface area contributed by atoms with Gasteiger partial charge in [0.25, 0.3) is 0 Å². The van der Waals surface area contributed by atoms with Crippen molar-refractivity contribution in [2.24, 2.45) is 5.92 Å². The molecule has 1 aliphatic heterocycles. The molecule has 4 rings (SSSR count). The van der Waals surface area contributed by atoms with Crippen LogP contribution in [0.2, 0.25) is 0 Å². The molecule has 0 saturated heterocycles. The van der Waals surface area contributed by atoms with E-state index in [4.69, 9.17) is 4.74 Å². The predicted molar refractivity (Wildman–Crippen MR) is 132 cm³/mol. The number of aryl methyl sites for hydroxylation is 1. The first-order chi connectivity index (χ1) is 14.7. The van der Waals surface area contributed by atoms with E-state index in [9.17, 15) is 18.0 Å². The number of alkyl halides is 3. The molecule has 1 aliphatic carbocycles. The Morgan fingerprint density at radius 3 is 2.47 bits per heavy atom. The van der Waals surface area contributed by atoms with Gasteiger partial charge >= 0.3 is 6.18 Å². The van der Waals surface area contributed by atoms with Crippen LogP contribution in [-0.4, -0.2) is 40.1 Å². The molecular formula is C23H34F3N5O2S. The molecule has 0 bridgehead atoms. The smallest absolute Gasteiger partial charge is 0.433 e. The van der Waals surface area contributed by atoms with Gasteiger partial charge in [0.15, 0.2) is 5.82 Å². The summed E-state index contributed by atoms with van der Waals surface area (Å²) in [5, 5.41) is 2.90. The van der Waals surface area contributed by atoms with E-state index < -0.39 is 11.9 Å². The Labute approximate surface area is 206 Å². The second-order valence-electron chi connectivity index (χ2n) is 8.09. The molecule has 34 heavy (non-hydrogen) atoms. The summed E-state index contributed by atoms with van der Waals surface area (Å²) < 4.78 is 44.0. The summed E-state index contributed by atoms with van der Waals surface area (Å²) in [4.78, 5) is 26.9. The number of halogens is 3. The van der Waals surface area contributed by atoms with Gasteiger partial charge in [-0.15, -0.1) is 0 Å². The number of fused-ring (bicyclic) bond motifs is 1. The second-order valence-corrected chi connectivity index (χ2v) is 8.09. The van der Waals surface area contributed by atoms with Crippen molar-refractivity contribution in [2.75, 3.05) is 17.3 Å². The number of carbonyl (C=O) groups is 1. The minimum Gasteiger partial charge on any atom is -0.474 e. The van der Waals surface area contributed by atoms with Crippen molar-refractivity contribution in [1.29, 1.82) is 0 Å². The number of hydrogen-bond donors (Lipinski definition) is 1. The van der Waals surface area contributed by atoms with Gasteiger partial charge in [0, 0.05) is 19.5 Å². The van der Waals surface area contributed by atoms with Gasteiger partial charge in [-0.2, -0.15) is 26.7 Å². The zero-order valence-electron chi connectivity index (χ0n) is 18.0. The summed E-state index contributed by atoms with van der Waals surface area (Å²) in [6.45, 7) is 3.80. The standard InChI is InChI=1S/C21H24F3N5O2.2CH4.H2S/c1-4-14-20(30)28-18-11(2)25-16(27-19(18)29(14)3)10-12-8-13(9-12)31-17-7-5-6-15(26-17)21(22,23)24;;;/h5-7,12-14H,4,8-10H2,1-3H3,(H,28,30);2*1H4;1H2/t12?,13?,14-;;;/m0.../s1. The fraction of sp³-hybridized carbons (Fsp3) is 0.565. The number of likely N-dealkylation sites (N-methyl/N-ethyl adjacent to an activating group) is 1. The molecule has 3 heterocycles. The van der Waals surface area contributed by atoms with Crippen molar-refractivity contribution >= 4 is 30.9 Å². The Morgan fingerprint density at radius 2 is 1.85 bits per heavy atom. The van der Waals surface area contributed by atoms with E-state index in [-0.39, 0.29) is 58.2 Å². The van der Waals surface area contributed by atoms with Gasteiger partial charge in [0.2, 0.25) is 11.8 Å². The fourth-order valence-electron chi connectivity index (χ4n) is 4.10. The molecule has 0 spiro atoms. The topological polar surface area (TPSA) is 80.2 Å². The number of aromatic nitrogens is 3. The van der Waals surface area contributed by atoms with E-state index in [0.717, 1.165) is 11.8 Å². The third-order valence-electron chi connectivity index (χ3n) is 5.82. The van der Waals surface area contributed by atoms with E-state index >= 15 is 0 Å². The highest BCUT2D eigenvalue weighted by molar-refractivity contribution is 7.59. The Balaban J connectivity index is 0.00000193. The van der Waals surface area contributed by atoms with E-state index in [0.29, 0.717) is 43.0 Å². The van der Waals surface area contributed by atoms with Crippen LogP contribution >= 0.6 is 13.5 Å². The maximum Gasteiger partial charge on any atom is 0.433 e. The van der Waals surface area contributed by atoms with E-state index in [1.165, 1.54) is 12.1 Å². The minimum absolute atomic E-state index is 0. The molecular weight excluding hydrogens is 467 g/mol. The second kappa shape index (κ2) is 11.2. The number of nitrogens with one attached hydrogen (secondary N) is 1. The van der Waals surface area contributed by atoms with Gasteiger partial charge in [-0.25, -0.2) is 15.0 Å². The molecule has 7 nitrogen and oxygen atoms in total. The van der Waals surface area contributed by atoms with Gasteiger partial charge < -0.3 is 15.0 Å². The number of amides is 1. The molecule has 0 aromatic carbocycles. The molecule has 1 fully saturated rings. The van der Waals surface area contributed by atoms with Crippen LogP contribution in [0.4, 0.5) is 24.7 Å². The third-order valence-corrected chi connectivity index (χ3v) is 5.82. The molecule has 1 saturated carbocycles. The summed E-state index contributed by atoms with van der Waals surface area (Å²) in [5.74, 6) is 1.61. The fourth-order valence-corrected chi connectivity index (χ4v) is 4.10. The lowest BCUT2D eigenvalue weighted by Crippen LogP contribution is -2.46. The highest BCUT2D eigenvalue weighted by Gasteiger charge is 2.36. The molecule has 2 aromatic heterocycles. The number of anilines is 2. The summed E-state index contributed by atoms with van der Waals surface area (Å²) in [5.41, 5.74) is 0.404. The molecule has 1 amide bonds.